The average Bonchev–Trinajstić information content (AvgIpc) is 1.54. The Balaban J connectivity index is 0.000000122. The first kappa shape index (κ1) is 51.3. The third-order valence-corrected chi connectivity index (χ3v) is 17.1. The minimum Gasteiger partial charge on any atom is -0.466 e. The molecule has 0 fully saturated rings. The number of hydrogen-bond donors (Lipinski definition) is 0. The second kappa shape index (κ2) is 24.7. The molecule has 8 heterocycles. The van der Waals surface area contributed by atoms with E-state index in [0.717, 1.165) is 110 Å². The Morgan fingerprint density at radius 1 is 0.340 bits per heavy atom. The number of nitrogens with zero attached hydrogens (tertiary/aromatic N) is 8. The maximum Gasteiger partial charge on any atom is 0.229 e. The maximum absolute atomic E-state index is 8.39. The van der Waals surface area contributed by atoms with Crippen molar-refractivity contribution in [2.24, 2.45) is 28.2 Å². The summed E-state index contributed by atoms with van der Waals surface area (Å²) >= 11 is 0. The SMILES string of the molecule is [2H]C([2H])([2H])c1ccc(-c2c(C)ccc3c2oc2c([N+]#[C-])cccc23)[n+](C)c1.[2H]c1c([2H])c([2H])[n+](C)c(-c2c(C)ccc3c2oc2c([N+]#[C-])cccc23)c1[2H].[2H]c1ccc2c(oc3c(-c4cccc[n+]4C)c(C)ccc32)c1[N+]#[C-].[C-]#[N+]c1cccc2c1oc1c(-c3cc(C)cc[n+]3C)c(C)ccc12. The predicted molar refractivity (Wildman–Crippen MR) is 375 cm³/mol. The van der Waals surface area contributed by atoms with Crippen molar-refractivity contribution in [2.75, 3.05) is 0 Å². The van der Waals surface area contributed by atoms with Crippen molar-refractivity contribution in [2.45, 2.75) is 41.5 Å². The van der Waals surface area contributed by atoms with Gasteiger partial charge in [-0.2, -0.15) is 0 Å². The molecule has 0 aliphatic carbocycles. The third kappa shape index (κ3) is 10.6. The van der Waals surface area contributed by atoms with Crippen molar-refractivity contribution >= 4 is 111 Å². The van der Waals surface area contributed by atoms with E-state index in [0.29, 0.717) is 67.4 Å². The van der Waals surface area contributed by atoms with Gasteiger partial charge < -0.3 is 17.7 Å². The van der Waals surface area contributed by atoms with Crippen LogP contribution in [-0.4, -0.2) is 0 Å². The Labute approximate surface area is 555 Å². The van der Waals surface area contributed by atoms with E-state index in [-0.39, 0.29) is 36.0 Å². The molecule has 94 heavy (non-hydrogen) atoms. The lowest BCUT2D eigenvalue weighted by molar-refractivity contribution is -0.660. The first-order valence-electron chi connectivity index (χ1n) is 34.1. The molecule has 0 unspecified atom stereocenters. The summed E-state index contributed by atoms with van der Waals surface area (Å²) in [5.74, 6) is 0. The standard InChI is InChI=1S/2C21H17N2O.2C20H15N2O/c1-13-8-11-18(23(4)12-13)19-14(2)9-10-16-15-6-5-7-17(22-3)20(15)24-21(16)19;1-13-10-11-23(4)18(12-13)19-14(2)8-9-16-15-6-5-7-17(22-3)20(15)24-21(16)19;2*1-13-10-11-15-14-7-6-8-16(21-2)19(14)23-20(15)18(13)17-9-4-5-12-22(17)3/h2*5-12H,1-2,4H3;2*4-12H,1,3H3/q4*+1/i1D3;;4D,5D,9D,12D;8D. The van der Waals surface area contributed by atoms with Crippen LogP contribution in [0.4, 0.5) is 22.7 Å². The molecule has 8 aromatic carbocycles. The fourth-order valence-corrected chi connectivity index (χ4v) is 12.5. The van der Waals surface area contributed by atoms with Gasteiger partial charge in [-0.25, -0.2) is 37.6 Å². The van der Waals surface area contributed by atoms with Crippen LogP contribution in [0.1, 0.15) is 44.3 Å². The normalized spacial score (nSPS) is 12.4. The highest BCUT2D eigenvalue weighted by atomic mass is 16.3. The zero-order chi connectivity index (χ0) is 72.5. The van der Waals surface area contributed by atoms with Gasteiger partial charge in [0, 0.05) is 96.6 Å². The molecule has 0 saturated carbocycles. The lowest BCUT2D eigenvalue weighted by Crippen LogP contribution is -2.31. The monoisotopic (exact) mass is 1230 g/mol. The molecular weight excluding hydrogens is 1160 g/mol. The smallest absolute Gasteiger partial charge is 0.229 e. The van der Waals surface area contributed by atoms with Crippen molar-refractivity contribution in [3.63, 3.8) is 0 Å². The molecule has 0 atom stereocenters. The molecular formula is C82H64N8O4+4. The molecule has 16 rings (SSSR count). The van der Waals surface area contributed by atoms with E-state index in [1.807, 2.05) is 131 Å². The van der Waals surface area contributed by atoms with Gasteiger partial charge in [0.2, 0.25) is 45.5 Å². The van der Waals surface area contributed by atoms with E-state index in [4.69, 9.17) is 54.9 Å². The van der Waals surface area contributed by atoms with E-state index in [1.165, 1.54) is 10.1 Å². The summed E-state index contributed by atoms with van der Waals surface area (Å²) in [6, 6.07) is 49.6. The minimum atomic E-state index is -2.15. The zero-order valence-electron chi connectivity index (χ0n) is 61.0. The molecule has 0 bridgehead atoms. The van der Waals surface area contributed by atoms with Gasteiger partial charge in [0.05, 0.1) is 52.7 Å². The molecule has 0 radical (unpaired) electrons. The van der Waals surface area contributed by atoms with Crippen molar-refractivity contribution < 1.29 is 46.9 Å². The summed E-state index contributed by atoms with van der Waals surface area (Å²) in [5.41, 5.74) is 19.4. The summed E-state index contributed by atoms with van der Waals surface area (Å²) in [7, 11) is 7.48. The highest BCUT2D eigenvalue weighted by Crippen LogP contribution is 2.45. The largest absolute Gasteiger partial charge is 0.466 e. The van der Waals surface area contributed by atoms with Crippen LogP contribution < -0.4 is 18.3 Å². The molecule has 12 heteroatoms. The van der Waals surface area contributed by atoms with Crippen LogP contribution in [0.3, 0.4) is 0 Å². The molecule has 0 spiro atoms. The summed E-state index contributed by atoms with van der Waals surface area (Å²) < 4.78 is 95.2. The third-order valence-electron chi connectivity index (χ3n) is 17.1. The first-order valence-corrected chi connectivity index (χ1v) is 30.1. The van der Waals surface area contributed by atoms with Gasteiger partial charge in [0.1, 0.15) is 74.2 Å². The number of aromatic nitrogens is 4. The van der Waals surface area contributed by atoms with Crippen LogP contribution in [0.2, 0.25) is 0 Å². The number of pyridine rings is 4. The van der Waals surface area contributed by atoms with Crippen molar-refractivity contribution in [3.05, 3.63) is 286 Å². The quantitative estimate of drug-likeness (QED) is 0.130. The zero-order valence-corrected chi connectivity index (χ0v) is 53.0. The molecule has 0 saturated heterocycles. The van der Waals surface area contributed by atoms with Gasteiger partial charge in [-0.1, -0.05) is 121 Å². The highest BCUT2D eigenvalue weighted by molar-refractivity contribution is 6.16. The second-order valence-corrected chi connectivity index (χ2v) is 23.1. The number of furan rings is 4. The number of aryl methyl sites for hydroxylation is 9. The lowest BCUT2D eigenvalue weighted by atomic mass is 10.00. The molecule has 8 aromatic heterocycles. The van der Waals surface area contributed by atoms with Crippen molar-refractivity contribution in [1.82, 2.24) is 0 Å². The molecule has 16 aromatic rings. The molecule has 0 N–H and O–H groups in total. The Morgan fingerprint density at radius 2 is 0.755 bits per heavy atom. The predicted octanol–water partition coefficient (Wildman–Crippen LogP) is 20.4. The molecule has 0 amide bonds. The Bertz CT molecular complexity index is 6360. The maximum atomic E-state index is 8.39. The van der Waals surface area contributed by atoms with Crippen LogP contribution >= 0.6 is 0 Å². The summed E-state index contributed by atoms with van der Waals surface area (Å²) in [5, 5.41) is 7.36. The van der Waals surface area contributed by atoms with E-state index >= 15 is 0 Å². The Morgan fingerprint density at radius 3 is 1.20 bits per heavy atom. The minimum absolute atomic E-state index is 0.125. The topological polar surface area (TPSA) is 85.5 Å². The number of benzene rings is 8. The van der Waals surface area contributed by atoms with Crippen molar-refractivity contribution in [3.8, 4) is 45.0 Å². The summed E-state index contributed by atoms with van der Waals surface area (Å²) in [4.78, 5) is 14.2. The summed E-state index contributed by atoms with van der Waals surface area (Å²) in [6.45, 7) is 37.5. The van der Waals surface area contributed by atoms with Crippen LogP contribution in [-0.2, 0) is 28.2 Å². The highest BCUT2D eigenvalue weighted by Gasteiger charge is 2.26. The van der Waals surface area contributed by atoms with Crippen LogP contribution in [0.15, 0.2) is 224 Å². The van der Waals surface area contributed by atoms with Crippen molar-refractivity contribution in [1.29, 1.82) is 0 Å². The average molecular weight is 1230 g/mol. The molecule has 0 aliphatic rings. The lowest BCUT2D eigenvalue weighted by Gasteiger charge is -2.06. The van der Waals surface area contributed by atoms with Gasteiger partial charge in [-0.3, -0.25) is 0 Å². The molecule has 452 valence electrons. The van der Waals surface area contributed by atoms with Crippen LogP contribution in [0, 0.1) is 67.8 Å². The van der Waals surface area contributed by atoms with E-state index in [1.54, 1.807) is 49.6 Å². The first-order chi connectivity index (χ1) is 48.9. The number of fused-ring (bicyclic) bond motifs is 12. The molecule has 12 nitrogen and oxygen atoms in total. The van der Waals surface area contributed by atoms with E-state index in [2.05, 4.69) is 91.9 Å². The second-order valence-electron chi connectivity index (χ2n) is 23.1. The van der Waals surface area contributed by atoms with Gasteiger partial charge in [0.15, 0.2) is 24.8 Å². The Kier molecular flexibility index (Phi) is 13.5. The molecule has 0 aliphatic heterocycles. The van der Waals surface area contributed by atoms with Crippen LogP contribution in [0.25, 0.3) is 152 Å². The van der Waals surface area contributed by atoms with Gasteiger partial charge >= 0.3 is 0 Å². The van der Waals surface area contributed by atoms with Crippen LogP contribution in [0.5, 0.6) is 0 Å². The number of rotatable bonds is 4. The fraction of sp³-hybridized carbons (Fsp3) is 0.122. The van der Waals surface area contributed by atoms with E-state index < -0.39 is 6.85 Å². The van der Waals surface area contributed by atoms with Gasteiger partial charge in [-0.15, -0.1) is 0 Å². The Hall–Kier alpha value is -12.5. The van der Waals surface area contributed by atoms with Gasteiger partial charge in [-0.05, 0) is 87.5 Å². The van der Waals surface area contributed by atoms with Gasteiger partial charge in [0.25, 0.3) is 0 Å². The summed E-state index contributed by atoms with van der Waals surface area (Å²) in [6.07, 6.45) is 5.56. The fourth-order valence-electron chi connectivity index (χ4n) is 12.5. The van der Waals surface area contributed by atoms with E-state index in [9.17, 15) is 0 Å². The number of para-hydroxylation sites is 4. The number of hydrogen-bond acceptors (Lipinski definition) is 4.